The van der Waals surface area contributed by atoms with Gasteiger partial charge in [-0.2, -0.15) is 0 Å². The van der Waals surface area contributed by atoms with Crippen molar-refractivity contribution in [1.82, 2.24) is 0 Å². The molecule has 0 N–H and O–H groups in total. The van der Waals surface area contributed by atoms with Crippen LogP contribution in [0.25, 0.3) is 0 Å². The van der Waals surface area contributed by atoms with E-state index in [2.05, 4.69) is 113 Å². The maximum absolute atomic E-state index is 2.47. The number of para-hydroxylation sites is 1. The van der Waals surface area contributed by atoms with E-state index in [4.69, 9.17) is 0 Å². The summed E-state index contributed by atoms with van der Waals surface area (Å²) < 4.78 is 0. The van der Waals surface area contributed by atoms with Crippen LogP contribution in [0.4, 0.5) is 11.4 Å². The Balaban J connectivity index is 1.74. The van der Waals surface area contributed by atoms with Gasteiger partial charge in [-0.1, -0.05) is 68.3 Å². The Morgan fingerprint density at radius 2 is 1.73 bits per heavy atom. The summed E-state index contributed by atoms with van der Waals surface area (Å²) in [5.74, 6) is 0.503. The Hall–Kier alpha value is -2.48. The number of aryl methyl sites for hydroxylation is 1. The number of hydrogen-bond acceptors (Lipinski definition) is 2. The van der Waals surface area contributed by atoms with Crippen molar-refractivity contribution in [2.45, 2.75) is 64.8 Å². The summed E-state index contributed by atoms with van der Waals surface area (Å²) in [4.78, 5) is 4.86. The van der Waals surface area contributed by atoms with Crippen molar-refractivity contribution in [1.29, 1.82) is 0 Å². The van der Waals surface area contributed by atoms with Crippen LogP contribution in [0.2, 0.25) is 0 Å². The van der Waals surface area contributed by atoms with Crippen LogP contribution in [0.3, 0.4) is 0 Å². The summed E-state index contributed by atoms with van der Waals surface area (Å²) in [6.45, 7) is 11.5. The first kappa shape index (κ1) is 20.8. The predicted octanol–water partition coefficient (Wildman–Crippen LogP) is 6.95. The van der Waals surface area contributed by atoms with E-state index in [1.807, 2.05) is 0 Å². The fourth-order valence-electron chi connectivity index (χ4n) is 5.81. The van der Waals surface area contributed by atoms with Gasteiger partial charge in [0.25, 0.3) is 0 Å². The molecule has 2 atom stereocenters. The maximum atomic E-state index is 2.47. The molecule has 0 radical (unpaired) electrons. The second kappa shape index (κ2) is 7.65. The molecule has 0 bridgehead atoms. The number of allylic oxidation sites excluding steroid dienone is 3. The lowest BCUT2D eigenvalue weighted by atomic mass is 9.74. The molecule has 2 heteroatoms. The standard InChI is InChI=1S/C28H36N2/c1-8-28(9-2)23-16-19(3)14-15-25(23)30(7)27(28)18-20(4)17-26-21(5)22-12-10-11-13-24(22)29(26)6/h10-18,21,26H,8-9H2,1-7H3/b20-17+,27-18+. The molecule has 158 valence electrons. The number of fused-ring (bicyclic) bond motifs is 2. The molecule has 2 unspecified atom stereocenters. The van der Waals surface area contributed by atoms with Gasteiger partial charge in [-0.25, -0.2) is 0 Å². The van der Waals surface area contributed by atoms with Gasteiger partial charge in [-0.3, -0.25) is 0 Å². The number of hydrogen-bond donors (Lipinski definition) is 0. The van der Waals surface area contributed by atoms with Crippen molar-refractivity contribution in [3.63, 3.8) is 0 Å². The van der Waals surface area contributed by atoms with Gasteiger partial charge in [-0.05, 0) is 56.0 Å². The smallest absolute Gasteiger partial charge is 0.0542 e. The number of nitrogens with zero attached hydrogens (tertiary/aromatic N) is 2. The summed E-state index contributed by atoms with van der Waals surface area (Å²) in [5, 5.41) is 0. The molecular formula is C28H36N2. The average Bonchev–Trinajstić information content (AvgIpc) is 3.12. The van der Waals surface area contributed by atoms with Crippen molar-refractivity contribution in [2.24, 2.45) is 0 Å². The van der Waals surface area contributed by atoms with Crippen molar-refractivity contribution >= 4 is 11.4 Å². The fourth-order valence-corrected chi connectivity index (χ4v) is 5.81. The molecule has 0 fully saturated rings. The molecule has 2 nitrogen and oxygen atoms in total. The highest BCUT2D eigenvalue weighted by atomic mass is 15.2. The number of likely N-dealkylation sites (N-methyl/N-ethyl adjacent to an activating group) is 2. The van der Waals surface area contributed by atoms with Crippen LogP contribution in [-0.2, 0) is 5.41 Å². The number of benzene rings is 2. The first-order valence-corrected chi connectivity index (χ1v) is 11.4. The quantitative estimate of drug-likeness (QED) is 0.547. The summed E-state index contributed by atoms with van der Waals surface area (Å²) in [6, 6.07) is 16.2. The Bertz CT molecular complexity index is 980. The molecule has 0 saturated heterocycles. The fraction of sp³-hybridized carbons (Fsp3) is 0.429. The molecule has 2 aromatic rings. The lowest BCUT2D eigenvalue weighted by molar-refractivity contribution is 0.478. The van der Waals surface area contributed by atoms with E-state index in [-0.39, 0.29) is 5.41 Å². The SMILES string of the molecule is CCC1(CC)/C(=C\C(C)=C\C2C(C)c3ccccc3N2C)N(C)c2ccc(C)cc21. The highest BCUT2D eigenvalue weighted by Gasteiger charge is 2.43. The van der Waals surface area contributed by atoms with Crippen LogP contribution >= 0.6 is 0 Å². The largest absolute Gasteiger partial charge is 0.367 e. The third-order valence-corrected chi connectivity index (χ3v) is 7.65. The van der Waals surface area contributed by atoms with Gasteiger partial charge in [0.2, 0.25) is 0 Å². The van der Waals surface area contributed by atoms with Crippen molar-refractivity contribution in [3.8, 4) is 0 Å². The van der Waals surface area contributed by atoms with E-state index < -0.39 is 0 Å². The summed E-state index contributed by atoms with van der Waals surface area (Å²) in [5.41, 5.74) is 9.91. The van der Waals surface area contributed by atoms with Gasteiger partial charge in [0.1, 0.15) is 0 Å². The summed E-state index contributed by atoms with van der Waals surface area (Å²) in [7, 11) is 4.47. The topological polar surface area (TPSA) is 6.48 Å². The van der Waals surface area contributed by atoms with Crippen LogP contribution in [0.5, 0.6) is 0 Å². The van der Waals surface area contributed by atoms with Crippen LogP contribution in [0, 0.1) is 6.92 Å². The predicted molar refractivity (Wildman–Crippen MR) is 131 cm³/mol. The molecule has 2 aliphatic heterocycles. The lowest BCUT2D eigenvalue weighted by Gasteiger charge is -2.31. The van der Waals surface area contributed by atoms with Gasteiger partial charge in [0, 0.05) is 42.5 Å². The van der Waals surface area contributed by atoms with Gasteiger partial charge in [-0.15, -0.1) is 0 Å². The third kappa shape index (κ3) is 3.00. The zero-order valence-corrected chi connectivity index (χ0v) is 19.7. The van der Waals surface area contributed by atoms with E-state index in [0.717, 1.165) is 12.8 Å². The van der Waals surface area contributed by atoms with E-state index >= 15 is 0 Å². The zero-order chi connectivity index (χ0) is 21.6. The second-order valence-corrected chi connectivity index (χ2v) is 9.26. The monoisotopic (exact) mass is 400 g/mol. The first-order chi connectivity index (χ1) is 14.3. The van der Waals surface area contributed by atoms with E-state index in [9.17, 15) is 0 Å². The maximum Gasteiger partial charge on any atom is 0.0542 e. The Labute approximate surface area is 182 Å². The van der Waals surface area contributed by atoms with Crippen LogP contribution in [0.15, 0.2) is 65.9 Å². The van der Waals surface area contributed by atoms with Gasteiger partial charge in [0.15, 0.2) is 0 Å². The molecule has 0 aliphatic carbocycles. The number of anilines is 2. The van der Waals surface area contributed by atoms with E-state index in [1.54, 1.807) is 0 Å². The van der Waals surface area contributed by atoms with Crippen LogP contribution < -0.4 is 9.80 Å². The normalized spacial score (nSPS) is 23.8. The second-order valence-electron chi connectivity index (χ2n) is 9.26. The van der Waals surface area contributed by atoms with Gasteiger partial charge < -0.3 is 9.80 Å². The highest BCUT2D eigenvalue weighted by molar-refractivity contribution is 5.72. The summed E-state index contributed by atoms with van der Waals surface area (Å²) in [6.07, 6.45) is 7.16. The van der Waals surface area contributed by atoms with Crippen LogP contribution in [-0.4, -0.2) is 20.1 Å². The van der Waals surface area contributed by atoms with Crippen LogP contribution in [0.1, 0.15) is 63.1 Å². The van der Waals surface area contributed by atoms with Crippen molar-refractivity contribution in [3.05, 3.63) is 82.6 Å². The Kier molecular flexibility index (Phi) is 5.30. The average molecular weight is 401 g/mol. The molecule has 30 heavy (non-hydrogen) atoms. The van der Waals surface area contributed by atoms with Gasteiger partial charge in [0.05, 0.1) is 6.04 Å². The third-order valence-electron chi connectivity index (χ3n) is 7.65. The van der Waals surface area contributed by atoms with Gasteiger partial charge >= 0.3 is 0 Å². The molecule has 2 aromatic carbocycles. The van der Waals surface area contributed by atoms with E-state index in [1.165, 1.54) is 39.3 Å². The minimum Gasteiger partial charge on any atom is -0.367 e. The lowest BCUT2D eigenvalue weighted by Crippen LogP contribution is -2.29. The molecular weight excluding hydrogens is 364 g/mol. The molecule has 4 rings (SSSR count). The minimum absolute atomic E-state index is 0.0986. The van der Waals surface area contributed by atoms with E-state index in [0.29, 0.717) is 12.0 Å². The molecule has 0 saturated carbocycles. The Morgan fingerprint density at radius 1 is 1.03 bits per heavy atom. The van der Waals surface area contributed by atoms with Crippen molar-refractivity contribution in [2.75, 3.05) is 23.9 Å². The molecule has 0 spiro atoms. The number of rotatable bonds is 4. The minimum atomic E-state index is 0.0986. The highest BCUT2D eigenvalue weighted by Crippen LogP contribution is 2.52. The molecule has 0 amide bonds. The van der Waals surface area contributed by atoms with Crippen molar-refractivity contribution < 1.29 is 0 Å². The molecule has 2 aliphatic rings. The zero-order valence-electron chi connectivity index (χ0n) is 19.7. The first-order valence-electron chi connectivity index (χ1n) is 11.4. The molecule has 2 heterocycles. The molecule has 0 aromatic heterocycles. The summed E-state index contributed by atoms with van der Waals surface area (Å²) >= 11 is 0. The Morgan fingerprint density at radius 3 is 2.40 bits per heavy atom.